The van der Waals surface area contributed by atoms with Gasteiger partial charge < -0.3 is 15.3 Å². The molecule has 0 heterocycles. The first-order valence-corrected chi connectivity index (χ1v) is 6.71. The van der Waals surface area contributed by atoms with Crippen molar-refractivity contribution in [1.82, 2.24) is 10.2 Å². The van der Waals surface area contributed by atoms with Gasteiger partial charge in [-0.05, 0) is 18.8 Å². The number of carboxylic acids is 1. The average Bonchev–Trinajstić information content (AvgIpc) is 2.85. The second-order valence-corrected chi connectivity index (χ2v) is 5.09. The summed E-state index contributed by atoms with van der Waals surface area (Å²) in [5.74, 6) is -0.835. The number of rotatable bonds is 7. The van der Waals surface area contributed by atoms with Crippen molar-refractivity contribution in [2.75, 3.05) is 20.1 Å². The lowest BCUT2D eigenvalue weighted by Crippen LogP contribution is -2.39. The number of amides is 2. The predicted molar refractivity (Wildman–Crippen MR) is 69.5 cm³/mol. The lowest BCUT2D eigenvalue weighted by Gasteiger charge is -2.16. The van der Waals surface area contributed by atoms with E-state index in [-0.39, 0.29) is 31.3 Å². The Morgan fingerprint density at radius 3 is 2.47 bits per heavy atom. The van der Waals surface area contributed by atoms with Gasteiger partial charge in [-0.2, -0.15) is 0 Å². The summed E-state index contributed by atoms with van der Waals surface area (Å²) in [6, 6.07) is 0. The lowest BCUT2D eigenvalue weighted by molar-refractivity contribution is -0.138. The normalized spacial score (nSPS) is 15.2. The molecule has 1 aliphatic rings. The van der Waals surface area contributed by atoms with Crippen molar-refractivity contribution in [3.63, 3.8) is 0 Å². The molecule has 2 amide bonds. The molecule has 6 nitrogen and oxygen atoms in total. The monoisotopic (exact) mass is 270 g/mol. The van der Waals surface area contributed by atoms with E-state index < -0.39 is 5.97 Å². The fraction of sp³-hybridized carbons (Fsp3) is 0.769. The molecule has 0 bridgehead atoms. The van der Waals surface area contributed by atoms with Gasteiger partial charge in [0.25, 0.3) is 0 Å². The van der Waals surface area contributed by atoms with Crippen LogP contribution in [0.2, 0.25) is 0 Å². The van der Waals surface area contributed by atoms with Crippen LogP contribution in [0.15, 0.2) is 0 Å². The van der Waals surface area contributed by atoms with Crippen LogP contribution >= 0.6 is 0 Å². The SMILES string of the molecule is CN(CCC(=O)O)C(=O)CNC(=O)CC1CCCC1. The highest BCUT2D eigenvalue weighted by Crippen LogP contribution is 2.27. The molecule has 1 aliphatic carbocycles. The van der Waals surface area contributed by atoms with Gasteiger partial charge in [0, 0.05) is 20.0 Å². The van der Waals surface area contributed by atoms with Gasteiger partial charge >= 0.3 is 5.97 Å². The first-order chi connectivity index (χ1) is 8.99. The molecule has 0 aromatic carbocycles. The van der Waals surface area contributed by atoms with Crippen LogP contribution in [0.1, 0.15) is 38.5 Å². The van der Waals surface area contributed by atoms with Crippen LogP contribution in [0.4, 0.5) is 0 Å². The van der Waals surface area contributed by atoms with Gasteiger partial charge in [0.2, 0.25) is 11.8 Å². The quantitative estimate of drug-likeness (QED) is 0.710. The number of carbonyl (C=O) groups excluding carboxylic acids is 2. The molecule has 1 rings (SSSR count). The van der Waals surface area contributed by atoms with Crippen molar-refractivity contribution in [2.24, 2.45) is 5.92 Å². The number of hydrogen-bond acceptors (Lipinski definition) is 3. The molecular weight excluding hydrogens is 248 g/mol. The van der Waals surface area contributed by atoms with E-state index in [4.69, 9.17) is 5.11 Å². The van der Waals surface area contributed by atoms with Crippen molar-refractivity contribution in [1.29, 1.82) is 0 Å². The zero-order valence-corrected chi connectivity index (χ0v) is 11.4. The molecule has 0 radical (unpaired) electrons. The maximum atomic E-state index is 11.6. The number of carboxylic acid groups (broad SMARTS) is 1. The summed E-state index contributed by atoms with van der Waals surface area (Å²) in [6.07, 6.45) is 4.98. The summed E-state index contributed by atoms with van der Waals surface area (Å²) in [4.78, 5) is 34.9. The second kappa shape index (κ2) is 7.76. The molecular formula is C13H22N2O4. The molecule has 1 fully saturated rings. The first-order valence-electron chi connectivity index (χ1n) is 6.71. The number of carbonyl (C=O) groups is 3. The summed E-state index contributed by atoms with van der Waals surface area (Å²) in [7, 11) is 1.54. The van der Waals surface area contributed by atoms with Crippen molar-refractivity contribution in [2.45, 2.75) is 38.5 Å². The van der Waals surface area contributed by atoms with E-state index in [1.807, 2.05) is 0 Å². The summed E-state index contributed by atoms with van der Waals surface area (Å²) in [5, 5.41) is 11.1. The Balaban J connectivity index is 2.17. The highest BCUT2D eigenvalue weighted by atomic mass is 16.4. The number of nitrogens with zero attached hydrogens (tertiary/aromatic N) is 1. The van der Waals surface area contributed by atoms with Gasteiger partial charge in [0.1, 0.15) is 0 Å². The zero-order valence-electron chi connectivity index (χ0n) is 11.4. The Labute approximate surface area is 113 Å². The van der Waals surface area contributed by atoms with Crippen molar-refractivity contribution in [3.05, 3.63) is 0 Å². The van der Waals surface area contributed by atoms with Gasteiger partial charge in [-0.1, -0.05) is 12.8 Å². The van der Waals surface area contributed by atoms with Gasteiger partial charge in [-0.25, -0.2) is 0 Å². The third-order valence-electron chi connectivity index (χ3n) is 3.47. The minimum absolute atomic E-state index is 0.0539. The smallest absolute Gasteiger partial charge is 0.305 e. The van der Waals surface area contributed by atoms with Gasteiger partial charge in [-0.15, -0.1) is 0 Å². The van der Waals surface area contributed by atoms with Gasteiger partial charge in [-0.3, -0.25) is 14.4 Å². The Bertz CT molecular complexity index is 338. The number of hydrogen-bond donors (Lipinski definition) is 2. The van der Waals surface area contributed by atoms with Crippen LogP contribution in [0.3, 0.4) is 0 Å². The second-order valence-electron chi connectivity index (χ2n) is 5.09. The fourth-order valence-electron chi connectivity index (χ4n) is 2.25. The van der Waals surface area contributed by atoms with E-state index in [1.54, 1.807) is 0 Å². The topological polar surface area (TPSA) is 86.7 Å². The molecule has 1 saturated carbocycles. The number of likely N-dealkylation sites (N-methyl/N-ethyl adjacent to an activating group) is 1. The molecule has 0 saturated heterocycles. The maximum Gasteiger partial charge on any atom is 0.305 e. The molecule has 0 aliphatic heterocycles. The Hall–Kier alpha value is -1.59. The Kier molecular flexibility index (Phi) is 6.32. The van der Waals surface area contributed by atoms with Gasteiger partial charge in [0.05, 0.1) is 13.0 Å². The largest absolute Gasteiger partial charge is 0.481 e. The standard InChI is InChI=1S/C13H22N2O4/c1-15(7-6-13(18)19)12(17)9-14-11(16)8-10-4-2-3-5-10/h10H,2-9H2,1H3,(H,14,16)(H,18,19). The summed E-state index contributed by atoms with van der Waals surface area (Å²) in [6.45, 7) is 0.105. The van der Waals surface area contributed by atoms with Crippen LogP contribution < -0.4 is 5.32 Å². The van der Waals surface area contributed by atoms with E-state index >= 15 is 0 Å². The molecule has 0 spiro atoms. The molecule has 6 heteroatoms. The van der Waals surface area contributed by atoms with Crippen molar-refractivity contribution < 1.29 is 19.5 Å². The van der Waals surface area contributed by atoms with E-state index in [0.717, 1.165) is 12.8 Å². The highest BCUT2D eigenvalue weighted by molar-refractivity contribution is 5.84. The molecule has 0 aromatic heterocycles. The fourth-order valence-corrected chi connectivity index (χ4v) is 2.25. The van der Waals surface area contributed by atoms with E-state index in [9.17, 15) is 14.4 Å². The van der Waals surface area contributed by atoms with E-state index in [2.05, 4.69) is 5.32 Å². The third-order valence-corrected chi connectivity index (χ3v) is 3.47. The highest BCUT2D eigenvalue weighted by Gasteiger charge is 2.19. The zero-order chi connectivity index (χ0) is 14.3. The molecule has 0 unspecified atom stereocenters. The minimum atomic E-state index is -0.940. The first kappa shape index (κ1) is 15.5. The van der Waals surface area contributed by atoms with Crippen LogP contribution in [0.5, 0.6) is 0 Å². The minimum Gasteiger partial charge on any atom is -0.481 e. The van der Waals surface area contributed by atoms with Crippen LogP contribution in [-0.2, 0) is 14.4 Å². The summed E-state index contributed by atoms with van der Waals surface area (Å²) in [5.41, 5.74) is 0. The average molecular weight is 270 g/mol. The maximum absolute atomic E-state index is 11.6. The molecule has 108 valence electrons. The van der Waals surface area contributed by atoms with Gasteiger partial charge in [0.15, 0.2) is 0 Å². The lowest BCUT2D eigenvalue weighted by atomic mass is 10.0. The number of nitrogens with one attached hydrogen (secondary N) is 1. The molecule has 0 aromatic rings. The third kappa shape index (κ3) is 6.22. The van der Waals surface area contributed by atoms with Crippen molar-refractivity contribution in [3.8, 4) is 0 Å². The molecule has 2 N–H and O–H groups in total. The summed E-state index contributed by atoms with van der Waals surface area (Å²) >= 11 is 0. The molecule has 0 atom stereocenters. The molecule has 19 heavy (non-hydrogen) atoms. The van der Waals surface area contributed by atoms with Crippen LogP contribution in [0, 0.1) is 5.92 Å². The Morgan fingerprint density at radius 1 is 1.26 bits per heavy atom. The number of aliphatic carboxylic acids is 1. The Morgan fingerprint density at radius 2 is 1.89 bits per heavy atom. The van der Waals surface area contributed by atoms with Crippen LogP contribution in [-0.4, -0.2) is 47.9 Å². The van der Waals surface area contributed by atoms with E-state index in [0.29, 0.717) is 12.3 Å². The van der Waals surface area contributed by atoms with Crippen LogP contribution in [0.25, 0.3) is 0 Å². The van der Waals surface area contributed by atoms with E-state index in [1.165, 1.54) is 24.8 Å². The summed E-state index contributed by atoms with van der Waals surface area (Å²) < 4.78 is 0. The predicted octanol–water partition coefficient (Wildman–Crippen LogP) is 0.616. The van der Waals surface area contributed by atoms with Crippen molar-refractivity contribution >= 4 is 17.8 Å².